The molecule has 1 atom stereocenters. The Bertz CT molecular complexity index is 1080. The number of para-hydroxylation sites is 1. The minimum Gasteiger partial charge on any atom is -0.497 e. The lowest BCUT2D eigenvalue weighted by molar-refractivity contribution is -0.135. The van der Waals surface area contributed by atoms with Crippen molar-refractivity contribution in [2.75, 3.05) is 18.6 Å². The summed E-state index contributed by atoms with van der Waals surface area (Å²) in [6, 6.07) is 23.7. The number of hydrogen-bond donors (Lipinski definition) is 1. The molecule has 1 amide bonds. The average Bonchev–Trinajstić information content (AvgIpc) is 3.00. The molecular formula is C25H23NO4. The summed E-state index contributed by atoms with van der Waals surface area (Å²) in [6.07, 6.45) is 0.332. The van der Waals surface area contributed by atoms with Gasteiger partial charge in [-0.1, -0.05) is 60.7 Å². The molecule has 0 bridgehead atoms. The van der Waals surface area contributed by atoms with Crippen LogP contribution in [0.25, 0.3) is 0 Å². The number of fused-ring (bicyclic) bond motifs is 1. The highest BCUT2D eigenvalue weighted by Crippen LogP contribution is 2.43. The first-order valence-corrected chi connectivity index (χ1v) is 9.88. The Kier molecular flexibility index (Phi) is 5.38. The van der Waals surface area contributed by atoms with Crippen molar-refractivity contribution in [3.8, 4) is 5.75 Å². The van der Waals surface area contributed by atoms with Gasteiger partial charge in [0, 0.05) is 17.7 Å². The number of anilines is 1. The maximum atomic E-state index is 13.3. The van der Waals surface area contributed by atoms with E-state index in [-0.39, 0.29) is 12.2 Å². The van der Waals surface area contributed by atoms with Gasteiger partial charge < -0.3 is 14.7 Å². The zero-order valence-electron chi connectivity index (χ0n) is 16.7. The molecule has 0 unspecified atom stereocenters. The number of hydrogen-bond acceptors (Lipinski definition) is 4. The Balaban J connectivity index is 1.61. The van der Waals surface area contributed by atoms with Crippen molar-refractivity contribution in [2.45, 2.75) is 18.4 Å². The molecule has 1 heterocycles. The highest BCUT2D eigenvalue weighted by Gasteiger charge is 2.50. The maximum absolute atomic E-state index is 13.3. The molecule has 0 spiro atoms. The predicted octanol–water partition coefficient (Wildman–Crippen LogP) is 3.75. The van der Waals surface area contributed by atoms with Gasteiger partial charge >= 0.3 is 0 Å². The molecule has 0 fully saturated rings. The second kappa shape index (κ2) is 8.13. The third-order valence-corrected chi connectivity index (χ3v) is 5.51. The van der Waals surface area contributed by atoms with Gasteiger partial charge in [0.15, 0.2) is 11.4 Å². The van der Waals surface area contributed by atoms with Crippen molar-refractivity contribution in [2.24, 2.45) is 0 Å². The largest absolute Gasteiger partial charge is 0.497 e. The first-order valence-electron chi connectivity index (χ1n) is 9.88. The van der Waals surface area contributed by atoms with Gasteiger partial charge in [0.2, 0.25) is 0 Å². The molecule has 0 aliphatic carbocycles. The molecule has 5 nitrogen and oxygen atoms in total. The van der Waals surface area contributed by atoms with Crippen molar-refractivity contribution in [3.63, 3.8) is 0 Å². The molecule has 152 valence electrons. The Hall–Kier alpha value is -3.44. The molecule has 1 N–H and O–H groups in total. The smallest absolute Gasteiger partial charge is 0.264 e. The Morgan fingerprint density at radius 3 is 2.50 bits per heavy atom. The van der Waals surface area contributed by atoms with Crippen LogP contribution in [-0.2, 0) is 16.8 Å². The first-order chi connectivity index (χ1) is 14.5. The zero-order chi connectivity index (χ0) is 21.1. The SMILES string of the molecule is COc1cccc(C(=O)C[C@@]2(O)C(=O)N(CCc3ccccc3)c3ccccc32)c1. The molecule has 1 aliphatic heterocycles. The lowest BCUT2D eigenvalue weighted by Crippen LogP contribution is -2.42. The van der Waals surface area contributed by atoms with Crippen LogP contribution < -0.4 is 9.64 Å². The summed E-state index contributed by atoms with van der Waals surface area (Å²) >= 11 is 0. The Morgan fingerprint density at radius 1 is 1.00 bits per heavy atom. The zero-order valence-corrected chi connectivity index (χ0v) is 16.7. The van der Waals surface area contributed by atoms with E-state index >= 15 is 0 Å². The second-order valence-electron chi connectivity index (χ2n) is 7.40. The van der Waals surface area contributed by atoms with E-state index in [1.165, 1.54) is 7.11 Å². The number of ketones is 1. The van der Waals surface area contributed by atoms with Crippen molar-refractivity contribution < 1.29 is 19.4 Å². The number of methoxy groups -OCH3 is 1. The number of Topliss-reactive ketones (excluding diaryl/α,β-unsaturated/α-hetero) is 1. The molecule has 4 rings (SSSR count). The van der Waals surface area contributed by atoms with Crippen LogP contribution in [-0.4, -0.2) is 30.5 Å². The molecule has 30 heavy (non-hydrogen) atoms. The summed E-state index contributed by atoms with van der Waals surface area (Å²) < 4.78 is 5.18. The highest BCUT2D eigenvalue weighted by atomic mass is 16.5. The van der Waals surface area contributed by atoms with Gasteiger partial charge in [0.1, 0.15) is 5.75 Å². The number of carbonyl (C=O) groups is 2. The van der Waals surface area contributed by atoms with Gasteiger partial charge in [-0.05, 0) is 30.2 Å². The molecule has 3 aromatic carbocycles. The molecule has 5 heteroatoms. The van der Waals surface area contributed by atoms with Gasteiger partial charge in [0.25, 0.3) is 5.91 Å². The summed E-state index contributed by atoms with van der Waals surface area (Å²) in [5.41, 5.74) is 0.744. The van der Waals surface area contributed by atoms with Gasteiger partial charge in [-0.25, -0.2) is 0 Å². The number of nitrogens with zero attached hydrogens (tertiary/aromatic N) is 1. The number of carbonyl (C=O) groups excluding carboxylic acids is 2. The van der Waals surface area contributed by atoms with E-state index in [1.54, 1.807) is 41.3 Å². The third-order valence-electron chi connectivity index (χ3n) is 5.51. The van der Waals surface area contributed by atoms with Crippen LogP contribution in [0.5, 0.6) is 5.75 Å². The van der Waals surface area contributed by atoms with Crippen LogP contribution in [0.15, 0.2) is 78.9 Å². The van der Waals surface area contributed by atoms with E-state index in [4.69, 9.17) is 4.74 Å². The van der Waals surface area contributed by atoms with E-state index in [2.05, 4.69) is 0 Å². The van der Waals surface area contributed by atoms with E-state index in [0.29, 0.717) is 35.5 Å². The highest BCUT2D eigenvalue weighted by molar-refractivity contribution is 6.10. The third kappa shape index (κ3) is 3.60. The van der Waals surface area contributed by atoms with Crippen molar-refractivity contribution >= 4 is 17.4 Å². The van der Waals surface area contributed by atoms with Gasteiger partial charge in [-0.2, -0.15) is 0 Å². The summed E-state index contributed by atoms with van der Waals surface area (Å²) in [4.78, 5) is 27.8. The van der Waals surface area contributed by atoms with Gasteiger partial charge in [-0.15, -0.1) is 0 Å². The van der Waals surface area contributed by atoms with Crippen molar-refractivity contribution in [1.82, 2.24) is 0 Å². The molecule has 3 aromatic rings. The first kappa shape index (κ1) is 19.9. The quantitative estimate of drug-likeness (QED) is 0.613. The van der Waals surface area contributed by atoms with E-state index in [1.807, 2.05) is 42.5 Å². The van der Waals surface area contributed by atoms with E-state index in [9.17, 15) is 14.7 Å². The summed E-state index contributed by atoms with van der Waals surface area (Å²) in [7, 11) is 1.53. The van der Waals surface area contributed by atoms with Gasteiger partial charge in [-0.3, -0.25) is 9.59 Å². The Labute approximate surface area is 175 Å². The summed E-state index contributed by atoms with van der Waals surface area (Å²) in [5, 5.41) is 11.4. The average molecular weight is 401 g/mol. The molecule has 1 aliphatic rings. The summed E-state index contributed by atoms with van der Waals surface area (Å²) in [6.45, 7) is 0.426. The number of amides is 1. The fourth-order valence-electron chi connectivity index (χ4n) is 3.92. The fourth-order valence-corrected chi connectivity index (χ4v) is 3.92. The Morgan fingerprint density at radius 2 is 1.73 bits per heavy atom. The van der Waals surface area contributed by atoms with Crippen LogP contribution in [0, 0.1) is 0 Å². The van der Waals surface area contributed by atoms with Crippen molar-refractivity contribution in [1.29, 1.82) is 0 Å². The fraction of sp³-hybridized carbons (Fsp3) is 0.200. The molecule has 0 aromatic heterocycles. The number of benzene rings is 3. The summed E-state index contributed by atoms with van der Waals surface area (Å²) in [5.74, 6) is -0.226. The monoisotopic (exact) mass is 401 g/mol. The van der Waals surface area contributed by atoms with Crippen molar-refractivity contribution in [3.05, 3.63) is 95.6 Å². The van der Waals surface area contributed by atoms with Crippen LogP contribution in [0.2, 0.25) is 0 Å². The van der Waals surface area contributed by atoms with Crippen LogP contribution in [0.4, 0.5) is 5.69 Å². The van der Waals surface area contributed by atoms with Crippen LogP contribution in [0.1, 0.15) is 27.9 Å². The minimum absolute atomic E-state index is 0.315. The molecule has 0 radical (unpaired) electrons. The van der Waals surface area contributed by atoms with E-state index in [0.717, 1.165) is 5.56 Å². The lowest BCUT2D eigenvalue weighted by atomic mass is 9.88. The predicted molar refractivity (Wildman–Crippen MR) is 115 cm³/mol. The lowest BCUT2D eigenvalue weighted by Gasteiger charge is -2.23. The van der Waals surface area contributed by atoms with Crippen LogP contribution >= 0.6 is 0 Å². The number of rotatable bonds is 7. The molecule has 0 saturated carbocycles. The number of aliphatic hydroxyl groups is 1. The standard InChI is InChI=1S/C25H23NO4/c1-30-20-11-7-10-19(16-20)23(27)17-25(29)21-12-5-6-13-22(21)26(24(25)28)15-14-18-8-3-2-4-9-18/h2-13,16,29H,14-15,17H2,1H3/t25-/m0/s1. The number of ether oxygens (including phenoxy) is 1. The normalized spacial score (nSPS) is 17.7. The maximum Gasteiger partial charge on any atom is 0.264 e. The second-order valence-corrected chi connectivity index (χ2v) is 7.40. The molecule has 0 saturated heterocycles. The topological polar surface area (TPSA) is 66.8 Å². The van der Waals surface area contributed by atoms with Crippen LogP contribution in [0.3, 0.4) is 0 Å². The van der Waals surface area contributed by atoms with E-state index < -0.39 is 11.5 Å². The minimum atomic E-state index is -1.88. The molecular weight excluding hydrogens is 378 g/mol. The van der Waals surface area contributed by atoms with Gasteiger partial charge in [0.05, 0.1) is 19.2 Å².